The van der Waals surface area contributed by atoms with Gasteiger partial charge in [-0.15, -0.1) is 0 Å². The lowest BCUT2D eigenvalue weighted by atomic mass is 9.78. The van der Waals surface area contributed by atoms with Gasteiger partial charge in [-0.1, -0.05) is 61.9 Å². The molecule has 4 heterocycles. The van der Waals surface area contributed by atoms with Gasteiger partial charge in [0, 0.05) is 13.0 Å². The third-order valence-electron chi connectivity index (χ3n) is 8.43. The monoisotopic (exact) mass is 585 g/mol. The number of anilines is 1. The standard InChI is InChI=1S/C30H36ClN3O7/c1-17(2)21(16-35)34-26-28(38)33(20-10-5-4-9-19(20)31)14-8-13-30(26)25(27(34)37)24-22(41-30)11-6-7-12-23(36)32-15-18(3)40-29(24)39/h4-6,8-11,13,17-18,21-22,24-26,35H,7,12,14-16H2,1-3H3,(H,32,36)/b11-6-/t18-,21+,22-,24+,25+,26-,30+/m1/s1. The Balaban J connectivity index is 1.64. The molecule has 0 aliphatic carbocycles. The second kappa shape index (κ2) is 11.6. The molecule has 10 nitrogen and oxygen atoms in total. The lowest BCUT2D eigenvalue weighted by Crippen LogP contribution is -2.59. The van der Waals surface area contributed by atoms with Crippen molar-refractivity contribution < 1.29 is 33.8 Å². The van der Waals surface area contributed by atoms with Crippen LogP contribution in [0.3, 0.4) is 0 Å². The number of likely N-dealkylation sites (tertiary alicyclic amines) is 1. The Morgan fingerprint density at radius 2 is 1.90 bits per heavy atom. The molecule has 3 amide bonds. The van der Waals surface area contributed by atoms with Gasteiger partial charge in [0.25, 0.3) is 5.91 Å². The number of amides is 3. The summed E-state index contributed by atoms with van der Waals surface area (Å²) in [6.07, 6.45) is 6.09. The van der Waals surface area contributed by atoms with Crippen LogP contribution in [0.5, 0.6) is 0 Å². The Hall–Kier alpha value is -3.21. The summed E-state index contributed by atoms with van der Waals surface area (Å²) in [6.45, 7) is 5.33. The number of nitrogens with one attached hydrogen (secondary N) is 1. The molecule has 2 fully saturated rings. The van der Waals surface area contributed by atoms with Crippen LogP contribution in [-0.4, -0.2) is 83.3 Å². The third kappa shape index (κ3) is 5.06. The Morgan fingerprint density at radius 3 is 2.61 bits per heavy atom. The van der Waals surface area contributed by atoms with Crippen molar-refractivity contribution in [3.63, 3.8) is 0 Å². The molecule has 220 valence electrons. The predicted octanol–water partition coefficient (Wildman–Crippen LogP) is 2.24. The number of benzene rings is 1. The maximum absolute atomic E-state index is 14.5. The molecule has 7 atom stereocenters. The number of carbonyl (C=O) groups is 4. The van der Waals surface area contributed by atoms with Crippen molar-refractivity contribution in [2.75, 3.05) is 24.6 Å². The number of halogens is 1. The summed E-state index contributed by atoms with van der Waals surface area (Å²) in [6, 6.07) is 5.09. The first-order valence-corrected chi connectivity index (χ1v) is 14.5. The maximum atomic E-state index is 14.5. The SMILES string of the molecule is CC(C)[C@H](CO)N1C(=O)[C@@H]2[C@H]3C(=O)O[C@H](C)CNC(=O)CC/C=C\[C@H]3O[C@@]23C=CCN(c2ccccc2Cl)C(=O)[C@@H]13. The number of carbonyl (C=O) groups excluding carboxylic acids is 4. The molecule has 2 N–H and O–H groups in total. The smallest absolute Gasteiger partial charge is 0.313 e. The molecule has 0 unspecified atom stereocenters. The van der Waals surface area contributed by atoms with Crippen LogP contribution in [0, 0.1) is 17.8 Å². The van der Waals surface area contributed by atoms with Gasteiger partial charge in [0.1, 0.15) is 23.7 Å². The fourth-order valence-corrected chi connectivity index (χ4v) is 6.70. The molecule has 5 rings (SSSR count). The Morgan fingerprint density at radius 1 is 1.15 bits per heavy atom. The zero-order chi connectivity index (χ0) is 29.5. The van der Waals surface area contributed by atoms with Crippen molar-refractivity contribution in [2.45, 2.75) is 63.5 Å². The number of allylic oxidation sites excluding steroid dienone is 1. The number of ether oxygens (including phenoxy) is 2. The number of esters is 1. The Bertz CT molecular complexity index is 1280. The summed E-state index contributed by atoms with van der Waals surface area (Å²) in [7, 11) is 0. The molecular weight excluding hydrogens is 550 g/mol. The molecule has 0 radical (unpaired) electrons. The third-order valence-corrected chi connectivity index (χ3v) is 8.75. The van der Waals surface area contributed by atoms with Crippen LogP contribution in [-0.2, 0) is 28.7 Å². The molecule has 4 aliphatic rings. The van der Waals surface area contributed by atoms with E-state index in [4.69, 9.17) is 21.1 Å². The highest BCUT2D eigenvalue weighted by Crippen LogP contribution is 2.54. The number of hydrogen-bond acceptors (Lipinski definition) is 7. The lowest BCUT2D eigenvalue weighted by molar-refractivity contribution is -0.159. The molecule has 41 heavy (non-hydrogen) atoms. The van der Waals surface area contributed by atoms with Gasteiger partial charge in [0.2, 0.25) is 11.8 Å². The Labute approximate surface area is 244 Å². The van der Waals surface area contributed by atoms with Crippen LogP contribution in [0.2, 0.25) is 5.02 Å². The largest absolute Gasteiger partial charge is 0.460 e. The second-order valence-corrected chi connectivity index (χ2v) is 11.8. The maximum Gasteiger partial charge on any atom is 0.313 e. The quantitative estimate of drug-likeness (QED) is 0.410. The summed E-state index contributed by atoms with van der Waals surface area (Å²) < 4.78 is 12.4. The summed E-state index contributed by atoms with van der Waals surface area (Å²) in [5, 5.41) is 13.5. The zero-order valence-electron chi connectivity index (χ0n) is 23.4. The first-order chi connectivity index (χ1) is 19.6. The van der Waals surface area contributed by atoms with E-state index in [2.05, 4.69) is 5.32 Å². The van der Waals surface area contributed by atoms with E-state index >= 15 is 0 Å². The highest BCUT2D eigenvalue weighted by atomic mass is 35.5. The van der Waals surface area contributed by atoms with Gasteiger partial charge in [-0.2, -0.15) is 0 Å². The minimum absolute atomic E-state index is 0.135. The minimum Gasteiger partial charge on any atom is -0.460 e. The normalized spacial score (nSPS) is 33.7. The van der Waals surface area contributed by atoms with Crippen molar-refractivity contribution in [1.29, 1.82) is 0 Å². The van der Waals surface area contributed by atoms with E-state index in [0.29, 0.717) is 17.1 Å². The number of hydrogen-bond donors (Lipinski definition) is 2. The first-order valence-electron chi connectivity index (χ1n) is 14.1. The summed E-state index contributed by atoms with van der Waals surface area (Å²) >= 11 is 6.50. The van der Waals surface area contributed by atoms with E-state index in [1.165, 1.54) is 9.80 Å². The minimum atomic E-state index is -1.50. The van der Waals surface area contributed by atoms with Crippen LogP contribution >= 0.6 is 11.6 Å². The van der Waals surface area contributed by atoms with E-state index < -0.39 is 59.5 Å². The lowest BCUT2D eigenvalue weighted by Gasteiger charge is -2.40. The number of para-hydroxylation sites is 1. The molecule has 4 aliphatic heterocycles. The number of aliphatic hydroxyl groups is 1. The van der Waals surface area contributed by atoms with Crippen LogP contribution in [0.25, 0.3) is 0 Å². The van der Waals surface area contributed by atoms with Crippen molar-refractivity contribution in [1.82, 2.24) is 10.2 Å². The molecule has 0 bridgehead atoms. The molecule has 0 aromatic heterocycles. The van der Waals surface area contributed by atoms with Gasteiger partial charge in [0.05, 0.1) is 41.9 Å². The van der Waals surface area contributed by atoms with Gasteiger partial charge in [-0.3, -0.25) is 19.2 Å². The molecular formula is C30H36ClN3O7. The van der Waals surface area contributed by atoms with Crippen molar-refractivity contribution in [3.8, 4) is 0 Å². The van der Waals surface area contributed by atoms with Crippen molar-refractivity contribution in [3.05, 3.63) is 53.6 Å². The fourth-order valence-electron chi connectivity index (χ4n) is 6.47. The topological polar surface area (TPSA) is 125 Å². The number of aliphatic hydroxyl groups excluding tert-OH is 1. The van der Waals surface area contributed by atoms with Crippen LogP contribution < -0.4 is 10.2 Å². The zero-order valence-corrected chi connectivity index (χ0v) is 24.1. The van der Waals surface area contributed by atoms with Gasteiger partial charge in [-0.05, 0) is 31.4 Å². The highest BCUT2D eigenvalue weighted by Gasteiger charge is 2.72. The first kappa shape index (κ1) is 29.3. The summed E-state index contributed by atoms with van der Waals surface area (Å²) in [5.74, 6) is -3.99. The molecule has 1 aromatic carbocycles. The number of cyclic esters (lactones) is 1. The molecule has 2 saturated heterocycles. The molecule has 1 aromatic rings. The summed E-state index contributed by atoms with van der Waals surface area (Å²) in [5.41, 5.74) is -1.01. The molecule has 11 heteroatoms. The molecule has 0 saturated carbocycles. The summed E-state index contributed by atoms with van der Waals surface area (Å²) in [4.78, 5) is 57.7. The van der Waals surface area contributed by atoms with E-state index in [1.807, 2.05) is 13.8 Å². The predicted molar refractivity (Wildman–Crippen MR) is 151 cm³/mol. The van der Waals surface area contributed by atoms with Crippen LogP contribution in [0.15, 0.2) is 48.6 Å². The van der Waals surface area contributed by atoms with Crippen molar-refractivity contribution >= 4 is 41.0 Å². The number of fused-ring (bicyclic) bond motifs is 2. The van der Waals surface area contributed by atoms with Gasteiger partial charge < -0.3 is 29.7 Å². The van der Waals surface area contributed by atoms with E-state index in [0.717, 1.165) is 0 Å². The van der Waals surface area contributed by atoms with E-state index in [1.54, 1.807) is 55.5 Å². The van der Waals surface area contributed by atoms with Crippen LogP contribution in [0.1, 0.15) is 33.6 Å². The molecule has 1 spiro atoms. The number of nitrogens with zero attached hydrogens (tertiary/aromatic N) is 2. The number of rotatable bonds is 4. The average Bonchev–Trinajstić information content (AvgIpc) is 3.31. The second-order valence-electron chi connectivity index (χ2n) is 11.4. The fraction of sp³-hybridized carbons (Fsp3) is 0.533. The Kier molecular flexibility index (Phi) is 8.27. The van der Waals surface area contributed by atoms with E-state index in [-0.39, 0.29) is 37.9 Å². The van der Waals surface area contributed by atoms with Gasteiger partial charge in [-0.25, -0.2) is 0 Å². The van der Waals surface area contributed by atoms with E-state index in [9.17, 15) is 24.3 Å². The highest BCUT2D eigenvalue weighted by molar-refractivity contribution is 6.34. The van der Waals surface area contributed by atoms with Crippen molar-refractivity contribution in [2.24, 2.45) is 17.8 Å². The average molecular weight is 586 g/mol. The van der Waals surface area contributed by atoms with Gasteiger partial charge in [0.15, 0.2) is 0 Å². The van der Waals surface area contributed by atoms with Crippen LogP contribution in [0.4, 0.5) is 5.69 Å². The van der Waals surface area contributed by atoms with Gasteiger partial charge >= 0.3 is 5.97 Å².